The lowest BCUT2D eigenvalue weighted by atomic mass is 9.51. The van der Waals surface area contributed by atoms with Gasteiger partial charge in [-0.3, -0.25) is 9.59 Å². The number of aliphatic hydroxyl groups excluding tert-OH is 1. The van der Waals surface area contributed by atoms with Crippen molar-refractivity contribution in [1.29, 1.82) is 0 Å². The van der Waals surface area contributed by atoms with Gasteiger partial charge in [-0.15, -0.1) is 0 Å². The first-order valence-corrected chi connectivity index (χ1v) is 12.2. The Bertz CT molecular complexity index is 788. The largest absolute Gasteiger partial charge is 0.484 e. The molecular formula is C26H40N2O5. The second kappa shape index (κ2) is 11.3. The number of ether oxygens (including phenoxy) is 2. The highest BCUT2D eigenvalue weighted by Gasteiger charge is 2.53. The Morgan fingerprint density at radius 3 is 2.61 bits per heavy atom. The van der Waals surface area contributed by atoms with Crippen LogP contribution in [0.3, 0.4) is 0 Å². The molecule has 184 valence electrons. The molecule has 1 aromatic rings. The number of aliphatic hydroxyl groups is 1. The molecule has 0 bridgehead atoms. The van der Waals surface area contributed by atoms with Crippen molar-refractivity contribution in [2.24, 2.45) is 29.1 Å². The molecule has 0 aromatic heterocycles. The molecule has 2 aliphatic rings. The Balaban J connectivity index is 1.61. The van der Waals surface area contributed by atoms with Crippen LogP contribution in [-0.4, -0.2) is 55.9 Å². The van der Waals surface area contributed by atoms with Gasteiger partial charge in [-0.2, -0.15) is 0 Å². The van der Waals surface area contributed by atoms with Crippen molar-refractivity contribution < 1.29 is 24.2 Å². The molecule has 2 aliphatic carbocycles. The van der Waals surface area contributed by atoms with Gasteiger partial charge in [-0.25, -0.2) is 0 Å². The average molecular weight is 461 g/mol. The van der Waals surface area contributed by atoms with E-state index in [-0.39, 0.29) is 53.5 Å². The number of hydrogen-bond donors (Lipinski definition) is 3. The standard InChI is InChI=1S/C26H40N2O5/c1-17(25(31)27-14-15-32-4)20-10-12-26(3)13-11-21(18(2)23(26)24(20)30)28-22(29)16-33-19-8-6-5-7-9-19/h5-9,17-18,20-21,23-24,30H,10-16H2,1-4H3,(H,27,31)(H,28,29). The summed E-state index contributed by atoms with van der Waals surface area (Å²) in [7, 11) is 1.61. The number of para-hydroxylation sites is 1. The van der Waals surface area contributed by atoms with Gasteiger partial charge in [0.15, 0.2) is 6.61 Å². The van der Waals surface area contributed by atoms with Crippen LogP contribution in [0.25, 0.3) is 0 Å². The number of carbonyl (C=O) groups excluding carboxylic acids is 2. The van der Waals surface area contributed by atoms with Crippen molar-refractivity contribution in [2.45, 2.75) is 58.6 Å². The molecule has 7 heteroatoms. The van der Waals surface area contributed by atoms with Crippen LogP contribution in [0.15, 0.2) is 30.3 Å². The number of nitrogens with one attached hydrogen (secondary N) is 2. The van der Waals surface area contributed by atoms with E-state index in [9.17, 15) is 14.7 Å². The minimum atomic E-state index is -0.581. The van der Waals surface area contributed by atoms with Crippen molar-refractivity contribution in [2.75, 3.05) is 26.9 Å². The van der Waals surface area contributed by atoms with Crippen molar-refractivity contribution in [3.63, 3.8) is 0 Å². The lowest BCUT2D eigenvalue weighted by Gasteiger charge is -2.56. The second-order valence-corrected chi connectivity index (χ2v) is 10.1. The fourth-order valence-electron chi connectivity index (χ4n) is 6.04. The molecule has 2 fully saturated rings. The van der Waals surface area contributed by atoms with Crippen molar-refractivity contribution in [3.05, 3.63) is 30.3 Å². The summed E-state index contributed by atoms with van der Waals surface area (Å²) in [5, 5.41) is 17.5. The van der Waals surface area contributed by atoms with Gasteiger partial charge in [0.25, 0.3) is 5.91 Å². The van der Waals surface area contributed by atoms with E-state index < -0.39 is 6.10 Å². The van der Waals surface area contributed by atoms with Gasteiger partial charge >= 0.3 is 0 Å². The lowest BCUT2D eigenvalue weighted by molar-refractivity contribution is -0.144. The molecule has 0 saturated heterocycles. The maximum atomic E-state index is 12.6. The molecule has 0 spiro atoms. The van der Waals surface area contributed by atoms with E-state index >= 15 is 0 Å². The quantitative estimate of drug-likeness (QED) is 0.493. The van der Waals surface area contributed by atoms with E-state index in [1.165, 1.54) is 0 Å². The Kier molecular flexibility index (Phi) is 8.76. The van der Waals surface area contributed by atoms with Crippen LogP contribution >= 0.6 is 0 Å². The topological polar surface area (TPSA) is 96.9 Å². The van der Waals surface area contributed by atoms with E-state index in [0.29, 0.717) is 18.9 Å². The van der Waals surface area contributed by atoms with E-state index in [1.807, 2.05) is 37.3 Å². The van der Waals surface area contributed by atoms with Gasteiger partial charge in [0, 0.05) is 25.6 Å². The summed E-state index contributed by atoms with van der Waals surface area (Å²) in [5.74, 6) is 0.246. The van der Waals surface area contributed by atoms with Crippen LogP contribution in [0.5, 0.6) is 5.75 Å². The Morgan fingerprint density at radius 1 is 1.21 bits per heavy atom. The number of rotatable bonds is 9. The molecule has 3 rings (SSSR count). The first kappa shape index (κ1) is 25.5. The third-order valence-electron chi connectivity index (χ3n) is 8.01. The Hall–Kier alpha value is -2.12. The number of carbonyl (C=O) groups is 2. The van der Waals surface area contributed by atoms with Gasteiger partial charge in [0.2, 0.25) is 5.91 Å². The maximum absolute atomic E-state index is 12.6. The van der Waals surface area contributed by atoms with Gasteiger partial charge in [-0.1, -0.05) is 39.0 Å². The highest BCUT2D eigenvalue weighted by atomic mass is 16.5. The molecule has 2 saturated carbocycles. The molecule has 7 nitrogen and oxygen atoms in total. The SMILES string of the molecule is COCCNC(=O)C(C)C1CCC2(C)CCC(NC(=O)COc3ccccc3)C(C)C2C1O. The van der Waals surface area contributed by atoms with Crippen LogP contribution in [0.1, 0.15) is 46.5 Å². The van der Waals surface area contributed by atoms with Crippen LogP contribution < -0.4 is 15.4 Å². The lowest BCUT2D eigenvalue weighted by Crippen LogP contribution is -2.59. The summed E-state index contributed by atoms with van der Waals surface area (Å²) >= 11 is 0. The van der Waals surface area contributed by atoms with Gasteiger partial charge in [0.05, 0.1) is 12.7 Å². The average Bonchev–Trinajstić information content (AvgIpc) is 2.80. The van der Waals surface area contributed by atoms with Crippen LogP contribution in [0.4, 0.5) is 0 Å². The monoisotopic (exact) mass is 460 g/mol. The first-order valence-electron chi connectivity index (χ1n) is 12.2. The van der Waals surface area contributed by atoms with E-state index in [0.717, 1.165) is 25.7 Å². The predicted octanol–water partition coefficient (Wildman–Crippen LogP) is 2.77. The normalized spacial score (nSPS) is 32.3. The Morgan fingerprint density at radius 2 is 1.91 bits per heavy atom. The summed E-state index contributed by atoms with van der Waals surface area (Å²) in [6.45, 7) is 7.21. The number of methoxy groups -OCH3 is 1. The Labute approximate surface area is 197 Å². The minimum absolute atomic E-state index is 0.0172. The van der Waals surface area contributed by atoms with Crippen molar-refractivity contribution in [1.82, 2.24) is 10.6 Å². The summed E-state index contributed by atoms with van der Waals surface area (Å²) < 4.78 is 10.6. The van der Waals surface area contributed by atoms with E-state index in [4.69, 9.17) is 9.47 Å². The number of fused-ring (bicyclic) bond motifs is 1. The molecule has 7 atom stereocenters. The van der Waals surface area contributed by atoms with Gasteiger partial charge in [-0.05, 0) is 61.0 Å². The smallest absolute Gasteiger partial charge is 0.258 e. The zero-order valence-electron chi connectivity index (χ0n) is 20.4. The highest BCUT2D eigenvalue weighted by Crippen LogP contribution is 2.55. The second-order valence-electron chi connectivity index (χ2n) is 10.1. The number of hydrogen-bond acceptors (Lipinski definition) is 5. The summed E-state index contributed by atoms with van der Waals surface area (Å²) in [5.41, 5.74) is 0.0172. The zero-order valence-corrected chi connectivity index (χ0v) is 20.4. The summed E-state index contributed by atoms with van der Waals surface area (Å²) in [6, 6.07) is 9.28. The molecule has 3 N–H and O–H groups in total. The maximum Gasteiger partial charge on any atom is 0.258 e. The van der Waals surface area contributed by atoms with Crippen LogP contribution in [0, 0.1) is 29.1 Å². The third-order valence-corrected chi connectivity index (χ3v) is 8.01. The fourth-order valence-corrected chi connectivity index (χ4v) is 6.04. The third kappa shape index (κ3) is 6.07. The van der Waals surface area contributed by atoms with Gasteiger partial charge in [0.1, 0.15) is 5.75 Å². The molecule has 0 aliphatic heterocycles. The van der Waals surface area contributed by atoms with Crippen molar-refractivity contribution >= 4 is 11.8 Å². The molecular weight excluding hydrogens is 420 g/mol. The predicted molar refractivity (Wildman–Crippen MR) is 127 cm³/mol. The fraction of sp³-hybridized carbons (Fsp3) is 0.692. The summed E-state index contributed by atoms with van der Waals surface area (Å²) in [4.78, 5) is 25.2. The molecule has 1 aromatic carbocycles. The minimum Gasteiger partial charge on any atom is -0.484 e. The number of amides is 2. The van der Waals surface area contributed by atoms with Crippen LogP contribution in [-0.2, 0) is 14.3 Å². The van der Waals surface area contributed by atoms with Gasteiger partial charge < -0.3 is 25.2 Å². The molecule has 33 heavy (non-hydrogen) atoms. The molecule has 2 amide bonds. The van der Waals surface area contributed by atoms with Crippen molar-refractivity contribution in [3.8, 4) is 5.75 Å². The van der Waals surface area contributed by atoms with Crippen LogP contribution in [0.2, 0.25) is 0 Å². The van der Waals surface area contributed by atoms with E-state index in [2.05, 4.69) is 24.5 Å². The summed E-state index contributed by atoms with van der Waals surface area (Å²) in [6.07, 6.45) is 3.07. The van der Waals surface area contributed by atoms with E-state index in [1.54, 1.807) is 7.11 Å². The first-order chi connectivity index (χ1) is 15.8. The zero-order chi connectivity index (χ0) is 24.0. The number of benzene rings is 1. The molecule has 7 unspecified atom stereocenters. The molecule has 0 radical (unpaired) electrons. The molecule has 0 heterocycles. The highest BCUT2D eigenvalue weighted by molar-refractivity contribution is 5.79.